The topological polar surface area (TPSA) is 50.1 Å². The van der Waals surface area contributed by atoms with Gasteiger partial charge in [-0.3, -0.25) is 0 Å². The van der Waals surface area contributed by atoms with Crippen LogP contribution in [0.2, 0.25) is 0 Å². The minimum atomic E-state index is -0.635. The van der Waals surface area contributed by atoms with Crippen LogP contribution >= 0.6 is 22.6 Å². The van der Waals surface area contributed by atoms with Crippen LogP contribution in [0.15, 0.2) is 12.1 Å². The minimum absolute atomic E-state index is 0.131. The van der Waals surface area contributed by atoms with Crippen molar-refractivity contribution in [2.24, 2.45) is 0 Å². The Morgan fingerprint density at radius 3 is 2.79 bits per heavy atom. The van der Waals surface area contributed by atoms with E-state index in [0.717, 1.165) is 6.07 Å². The first-order valence-corrected chi connectivity index (χ1v) is 4.66. The van der Waals surface area contributed by atoms with Crippen LogP contribution in [0.4, 0.5) is 4.39 Å². The number of carbonyl (C=O) groups is 1. The van der Waals surface area contributed by atoms with Crippen molar-refractivity contribution in [3.05, 3.63) is 32.6 Å². The van der Waals surface area contributed by atoms with Crippen molar-refractivity contribution in [3.8, 4) is 6.07 Å². The lowest BCUT2D eigenvalue weighted by atomic mass is 10.1. The van der Waals surface area contributed by atoms with Gasteiger partial charge in [-0.05, 0) is 34.7 Å². The van der Waals surface area contributed by atoms with Gasteiger partial charge in [0.2, 0.25) is 0 Å². The summed E-state index contributed by atoms with van der Waals surface area (Å²) in [5.41, 5.74) is 0.0690. The van der Waals surface area contributed by atoms with Crippen molar-refractivity contribution in [1.82, 2.24) is 0 Å². The molecule has 0 aliphatic carbocycles. The molecule has 0 aliphatic rings. The molecule has 72 valence electrons. The Bertz CT molecular complexity index is 426. The lowest BCUT2D eigenvalue weighted by molar-refractivity contribution is 0.0599. The fourth-order valence-electron chi connectivity index (χ4n) is 0.923. The molecule has 0 aromatic heterocycles. The van der Waals surface area contributed by atoms with Crippen molar-refractivity contribution in [2.75, 3.05) is 7.11 Å². The highest BCUT2D eigenvalue weighted by Gasteiger charge is 2.16. The summed E-state index contributed by atoms with van der Waals surface area (Å²) < 4.78 is 17.8. The zero-order valence-electron chi connectivity index (χ0n) is 7.17. The first-order valence-electron chi connectivity index (χ1n) is 3.58. The van der Waals surface area contributed by atoms with Crippen molar-refractivity contribution < 1.29 is 13.9 Å². The summed E-state index contributed by atoms with van der Waals surface area (Å²) >= 11 is 1.74. The standard InChI is InChI=1S/C9H5FINO2/c1-14-9(13)5-2-3-7(10)6(4-12)8(5)11/h2-3H,1H3. The average molecular weight is 305 g/mol. The molecule has 0 unspecified atom stereocenters. The number of ether oxygens (including phenoxy) is 1. The number of rotatable bonds is 1. The molecule has 14 heavy (non-hydrogen) atoms. The van der Waals surface area contributed by atoms with E-state index >= 15 is 0 Å². The highest BCUT2D eigenvalue weighted by Crippen LogP contribution is 2.20. The van der Waals surface area contributed by atoms with Crippen molar-refractivity contribution in [3.63, 3.8) is 0 Å². The largest absolute Gasteiger partial charge is 0.465 e. The van der Waals surface area contributed by atoms with Gasteiger partial charge in [0.15, 0.2) is 0 Å². The molecule has 1 aromatic rings. The van der Waals surface area contributed by atoms with E-state index in [-0.39, 0.29) is 14.7 Å². The number of nitrogens with zero attached hydrogens (tertiary/aromatic N) is 1. The van der Waals surface area contributed by atoms with Crippen LogP contribution in [0.25, 0.3) is 0 Å². The Morgan fingerprint density at radius 2 is 2.29 bits per heavy atom. The normalized spacial score (nSPS) is 9.29. The number of esters is 1. The van der Waals surface area contributed by atoms with Gasteiger partial charge in [0.05, 0.1) is 12.7 Å². The first kappa shape index (κ1) is 10.9. The summed E-state index contributed by atoms with van der Waals surface area (Å²) in [5, 5.41) is 8.63. The number of halogens is 2. The third kappa shape index (κ3) is 1.85. The van der Waals surface area contributed by atoms with E-state index in [4.69, 9.17) is 5.26 Å². The molecule has 0 spiro atoms. The number of hydrogen-bond acceptors (Lipinski definition) is 3. The van der Waals surface area contributed by atoms with Gasteiger partial charge in [0, 0.05) is 3.57 Å². The van der Waals surface area contributed by atoms with Crippen LogP contribution in [-0.4, -0.2) is 13.1 Å². The number of hydrogen-bond donors (Lipinski definition) is 0. The second kappa shape index (κ2) is 4.37. The molecule has 0 radical (unpaired) electrons. The van der Waals surface area contributed by atoms with Crippen molar-refractivity contribution in [1.29, 1.82) is 5.26 Å². The molecular weight excluding hydrogens is 300 g/mol. The maximum atomic E-state index is 13.0. The van der Waals surface area contributed by atoms with Crippen LogP contribution in [0.1, 0.15) is 15.9 Å². The third-order valence-electron chi connectivity index (χ3n) is 1.61. The quantitative estimate of drug-likeness (QED) is 0.590. The Labute approximate surface area is 93.6 Å². The molecule has 0 aliphatic heterocycles. The van der Waals surface area contributed by atoms with Gasteiger partial charge in [-0.15, -0.1) is 0 Å². The van der Waals surface area contributed by atoms with E-state index in [1.807, 2.05) is 0 Å². The van der Waals surface area contributed by atoms with E-state index < -0.39 is 11.8 Å². The van der Waals surface area contributed by atoms with Gasteiger partial charge >= 0.3 is 5.97 Å². The maximum absolute atomic E-state index is 13.0. The smallest absolute Gasteiger partial charge is 0.338 e. The summed E-state index contributed by atoms with van der Waals surface area (Å²) in [6.07, 6.45) is 0. The summed E-state index contributed by atoms with van der Waals surface area (Å²) in [7, 11) is 1.23. The van der Waals surface area contributed by atoms with Gasteiger partial charge in [-0.2, -0.15) is 5.26 Å². The zero-order chi connectivity index (χ0) is 10.7. The Balaban J connectivity index is 3.37. The lowest BCUT2D eigenvalue weighted by Gasteiger charge is -2.03. The molecule has 0 atom stereocenters. The second-order valence-corrected chi connectivity index (χ2v) is 3.47. The molecule has 5 heteroatoms. The molecule has 0 bridgehead atoms. The molecule has 0 fully saturated rings. The fourth-order valence-corrected chi connectivity index (χ4v) is 1.70. The van der Waals surface area contributed by atoms with Gasteiger partial charge in [-0.25, -0.2) is 9.18 Å². The van der Waals surface area contributed by atoms with E-state index in [2.05, 4.69) is 4.74 Å². The summed E-state index contributed by atoms with van der Waals surface area (Å²) in [6.45, 7) is 0. The van der Waals surface area contributed by atoms with E-state index in [0.29, 0.717) is 0 Å². The van der Waals surface area contributed by atoms with E-state index in [1.165, 1.54) is 13.2 Å². The summed E-state index contributed by atoms with van der Waals surface area (Å²) in [4.78, 5) is 11.2. The second-order valence-electron chi connectivity index (χ2n) is 2.39. The van der Waals surface area contributed by atoms with Gasteiger partial charge in [0.1, 0.15) is 17.4 Å². The van der Waals surface area contributed by atoms with Crippen molar-refractivity contribution >= 4 is 28.6 Å². The monoisotopic (exact) mass is 305 g/mol. The van der Waals surface area contributed by atoms with Crippen LogP contribution in [0.5, 0.6) is 0 Å². The Hall–Kier alpha value is -1.16. The molecule has 0 heterocycles. The van der Waals surface area contributed by atoms with Crippen LogP contribution in [-0.2, 0) is 4.74 Å². The molecule has 0 amide bonds. The molecule has 1 rings (SSSR count). The summed E-state index contributed by atoms with van der Waals surface area (Å²) in [5.74, 6) is -1.21. The number of benzene rings is 1. The first-order chi connectivity index (χ1) is 6.61. The number of carbonyl (C=O) groups excluding carboxylic acids is 1. The van der Waals surface area contributed by atoms with Gasteiger partial charge < -0.3 is 4.74 Å². The zero-order valence-corrected chi connectivity index (χ0v) is 9.33. The maximum Gasteiger partial charge on any atom is 0.338 e. The molecule has 0 saturated heterocycles. The highest BCUT2D eigenvalue weighted by atomic mass is 127. The van der Waals surface area contributed by atoms with Crippen LogP contribution in [0, 0.1) is 20.7 Å². The predicted molar refractivity (Wildman–Crippen MR) is 55.2 cm³/mol. The van der Waals surface area contributed by atoms with Crippen LogP contribution < -0.4 is 0 Å². The molecule has 1 aromatic carbocycles. The SMILES string of the molecule is COC(=O)c1ccc(F)c(C#N)c1I. The highest BCUT2D eigenvalue weighted by molar-refractivity contribution is 14.1. The minimum Gasteiger partial charge on any atom is -0.465 e. The van der Waals surface area contributed by atoms with Crippen molar-refractivity contribution in [2.45, 2.75) is 0 Å². The van der Waals surface area contributed by atoms with E-state index in [9.17, 15) is 9.18 Å². The van der Waals surface area contributed by atoms with E-state index in [1.54, 1.807) is 28.7 Å². The number of methoxy groups -OCH3 is 1. The molecule has 0 saturated carbocycles. The third-order valence-corrected chi connectivity index (χ3v) is 2.73. The predicted octanol–water partition coefficient (Wildman–Crippen LogP) is 2.09. The van der Waals surface area contributed by atoms with Gasteiger partial charge in [-0.1, -0.05) is 0 Å². The lowest BCUT2D eigenvalue weighted by Crippen LogP contribution is -2.06. The van der Waals surface area contributed by atoms with Gasteiger partial charge in [0.25, 0.3) is 0 Å². The molecular formula is C9H5FINO2. The number of nitriles is 1. The fraction of sp³-hybridized carbons (Fsp3) is 0.111. The Morgan fingerprint density at radius 1 is 1.64 bits per heavy atom. The van der Waals surface area contributed by atoms with Crippen LogP contribution in [0.3, 0.4) is 0 Å². The average Bonchev–Trinajstić information content (AvgIpc) is 2.18. The molecule has 3 nitrogen and oxygen atoms in total. The Kier molecular flexibility index (Phi) is 3.41. The molecule has 0 N–H and O–H groups in total. The summed E-state index contributed by atoms with van der Waals surface area (Å²) in [6, 6.07) is 4.06.